The first kappa shape index (κ1) is 37.0. The van der Waals surface area contributed by atoms with Gasteiger partial charge in [-0.25, -0.2) is 0 Å². The molecule has 10 aromatic rings. The van der Waals surface area contributed by atoms with Crippen LogP contribution in [0.25, 0.3) is 77.4 Å². The third-order valence-corrected chi connectivity index (χ3v) is 13.3. The summed E-state index contributed by atoms with van der Waals surface area (Å²) in [5, 5.41) is 4.77. The summed E-state index contributed by atoms with van der Waals surface area (Å²) in [6.45, 7) is 2.24. The first-order valence-corrected chi connectivity index (χ1v) is 22.0. The summed E-state index contributed by atoms with van der Waals surface area (Å²) in [6.07, 6.45) is 3.96. The Morgan fingerprint density at radius 3 is 1.79 bits per heavy atom. The molecule has 0 bridgehead atoms. The second-order valence-electron chi connectivity index (χ2n) is 17.0. The minimum absolute atomic E-state index is 0.133. The molecular formula is C61H43NO. The Labute approximate surface area is 367 Å². The lowest BCUT2D eigenvalue weighted by molar-refractivity contribution is 0.666. The molecule has 0 N–H and O–H groups in total. The lowest BCUT2D eigenvalue weighted by Gasteiger charge is -2.29. The molecule has 1 aromatic heterocycles. The van der Waals surface area contributed by atoms with E-state index in [1.54, 1.807) is 0 Å². The maximum Gasteiger partial charge on any atom is 0.136 e. The largest absolute Gasteiger partial charge is 0.456 e. The lowest BCUT2D eigenvalue weighted by atomic mass is 9.74. The minimum Gasteiger partial charge on any atom is -0.456 e. The SMILES string of the molecule is CC1=C(c2ccc(-c3ccccc3)cc2)N=C(c2cc([C@@H]3Cc4cc5ccccc5cc4-c4ccccc43)cc3oc4ccccc4c23)CC=C1c1ccc(-c2ccccc2)cc1. The van der Waals surface area contributed by atoms with Gasteiger partial charge in [0.25, 0.3) is 0 Å². The number of hydrogen-bond acceptors (Lipinski definition) is 2. The molecule has 0 saturated heterocycles. The Balaban J connectivity index is 1.04. The van der Waals surface area contributed by atoms with E-state index in [9.17, 15) is 0 Å². The highest BCUT2D eigenvalue weighted by molar-refractivity contribution is 6.21. The molecular weight excluding hydrogens is 763 g/mol. The standard InChI is InChI=1S/C61H43NO/c1-39-50(44-28-24-42(25-29-44)40-14-4-2-5-15-40)32-33-57(62-61(39)45-30-26-43(27-31-45)41-16-6-3-7-17-41)56-37-49(38-59-60(56)53-22-12-13-23-58(53)63-59)55-36-48-34-46-18-8-9-19-47(46)35-54(48)51-20-10-11-21-52(51)55/h2-32,34-35,37-38,55H,33,36H2,1H3/t55-/m0/s1. The highest BCUT2D eigenvalue weighted by atomic mass is 16.3. The van der Waals surface area contributed by atoms with Gasteiger partial charge in [-0.1, -0.05) is 188 Å². The Bertz CT molecular complexity index is 3480. The van der Waals surface area contributed by atoms with Gasteiger partial charge in [0, 0.05) is 34.2 Å². The molecule has 1 atom stereocenters. The van der Waals surface area contributed by atoms with Gasteiger partial charge in [0.2, 0.25) is 0 Å². The second kappa shape index (κ2) is 15.3. The van der Waals surface area contributed by atoms with E-state index >= 15 is 0 Å². The van der Waals surface area contributed by atoms with Crippen molar-refractivity contribution in [3.63, 3.8) is 0 Å². The van der Waals surface area contributed by atoms with Crippen LogP contribution in [-0.4, -0.2) is 5.71 Å². The van der Waals surface area contributed by atoms with Crippen LogP contribution < -0.4 is 0 Å². The van der Waals surface area contributed by atoms with Gasteiger partial charge >= 0.3 is 0 Å². The van der Waals surface area contributed by atoms with Crippen molar-refractivity contribution < 1.29 is 4.42 Å². The molecule has 2 heterocycles. The first-order chi connectivity index (χ1) is 31.1. The van der Waals surface area contributed by atoms with Crippen molar-refractivity contribution in [2.75, 3.05) is 0 Å². The van der Waals surface area contributed by atoms with Crippen LogP contribution in [0.2, 0.25) is 0 Å². The van der Waals surface area contributed by atoms with E-state index in [2.05, 4.69) is 219 Å². The number of aliphatic imine (C=N–C) groups is 1. The van der Waals surface area contributed by atoms with E-state index < -0.39 is 0 Å². The zero-order valence-electron chi connectivity index (χ0n) is 35.1. The Morgan fingerprint density at radius 2 is 1.06 bits per heavy atom. The van der Waals surface area contributed by atoms with Crippen molar-refractivity contribution in [2.45, 2.75) is 25.7 Å². The molecule has 298 valence electrons. The number of allylic oxidation sites excluding steroid dienone is 3. The molecule has 1 aliphatic carbocycles. The van der Waals surface area contributed by atoms with Gasteiger partial charge in [0.15, 0.2) is 0 Å². The van der Waals surface area contributed by atoms with E-state index in [1.165, 1.54) is 72.0 Å². The van der Waals surface area contributed by atoms with Crippen LogP contribution in [0.4, 0.5) is 0 Å². The average Bonchev–Trinajstić information content (AvgIpc) is 3.64. The monoisotopic (exact) mass is 805 g/mol. The van der Waals surface area contributed by atoms with Gasteiger partial charge in [0.1, 0.15) is 11.2 Å². The first-order valence-electron chi connectivity index (χ1n) is 22.0. The van der Waals surface area contributed by atoms with Crippen LogP contribution in [0.3, 0.4) is 0 Å². The fourth-order valence-corrected chi connectivity index (χ4v) is 10.1. The Hall–Kier alpha value is -7.81. The number of furan rings is 1. The van der Waals surface area contributed by atoms with Crippen LogP contribution in [0.1, 0.15) is 52.6 Å². The van der Waals surface area contributed by atoms with Crippen LogP contribution in [0.15, 0.2) is 227 Å². The van der Waals surface area contributed by atoms with Crippen molar-refractivity contribution in [1.82, 2.24) is 0 Å². The second-order valence-corrected chi connectivity index (χ2v) is 17.0. The zero-order chi connectivity index (χ0) is 41.9. The van der Waals surface area contributed by atoms with E-state index in [-0.39, 0.29) is 5.92 Å². The van der Waals surface area contributed by atoms with Crippen molar-refractivity contribution in [3.8, 4) is 33.4 Å². The van der Waals surface area contributed by atoms with Crippen LogP contribution >= 0.6 is 0 Å². The third kappa shape index (κ3) is 6.54. The summed E-state index contributed by atoms with van der Waals surface area (Å²) < 4.78 is 6.81. The van der Waals surface area contributed by atoms with Crippen molar-refractivity contribution >= 4 is 49.7 Å². The fourth-order valence-electron chi connectivity index (χ4n) is 10.1. The maximum absolute atomic E-state index is 6.81. The molecule has 0 amide bonds. The fraction of sp³-hybridized carbons (Fsp3) is 0.0656. The summed E-state index contributed by atoms with van der Waals surface area (Å²) >= 11 is 0. The topological polar surface area (TPSA) is 25.5 Å². The quantitative estimate of drug-likeness (QED) is 0.164. The molecule has 0 saturated carbocycles. The van der Waals surface area contributed by atoms with E-state index in [0.29, 0.717) is 6.42 Å². The van der Waals surface area contributed by atoms with Gasteiger partial charge in [0.05, 0.1) is 11.4 Å². The number of benzene rings is 9. The third-order valence-electron chi connectivity index (χ3n) is 13.3. The molecule has 0 unspecified atom stereocenters. The summed E-state index contributed by atoms with van der Waals surface area (Å²) in [5.74, 6) is 0.133. The molecule has 63 heavy (non-hydrogen) atoms. The predicted octanol–water partition coefficient (Wildman–Crippen LogP) is 16.1. The number of hydrogen-bond donors (Lipinski definition) is 0. The van der Waals surface area contributed by atoms with Crippen molar-refractivity contribution in [3.05, 3.63) is 251 Å². The van der Waals surface area contributed by atoms with Gasteiger partial charge in [-0.05, 0) is 115 Å². The van der Waals surface area contributed by atoms with E-state index in [1.807, 2.05) is 0 Å². The maximum atomic E-state index is 6.81. The molecule has 12 rings (SSSR count). The van der Waals surface area contributed by atoms with Gasteiger partial charge < -0.3 is 4.42 Å². The molecule has 9 aromatic carbocycles. The number of nitrogens with zero attached hydrogens (tertiary/aromatic N) is 1. The number of fused-ring (bicyclic) bond motifs is 7. The van der Waals surface area contributed by atoms with Crippen molar-refractivity contribution in [1.29, 1.82) is 0 Å². The lowest BCUT2D eigenvalue weighted by Crippen LogP contribution is -2.14. The molecule has 0 spiro atoms. The van der Waals surface area contributed by atoms with Crippen LogP contribution in [0.5, 0.6) is 0 Å². The molecule has 2 aliphatic rings. The Kier molecular flexibility index (Phi) is 8.97. The molecule has 2 nitrogen and oxygen atoms in total. The average molecular weight is 806 g/mol. The number of para-hydroxylation sites is 1. The number of rotatable bonds is 6. The normalized spacial score (nSPS) is 14.9. The summed E-state index contributed by atoms with van der Waals surface area (Å²) in [7, 11) is 0. The smallest absolute Gasteiger partial charge is 0.136 e. The van der Waals surface area contributed by atoms with Gasteiger partial charge in [-0.2, -0.15) is 0 Å². The van der Waals surface area contributed by atoms with Gasteiger partial charge in [-0.3, -0.25) is 4.99 Å². The predicted molar refractivity (Wildman–Crippen MR) is 264 cm³/mol. The molecule has 0 fully saturated rings. The molecule has 0 radical (unpaired) electrons. The summed E-state index contributed by atoms with van der Waals surface area (Å²) in [6, 6.07) is 74.9. The van der Waals surface area contributed by atoms with E-state index in [4.69, 9.17) is 9.41 Å². The zero-order valence-corrected chi connectivity index (χ0v) is 35.1. The van der Waals surface area contributed by atoms with Crippen LogP contribution in [-0.2, 0) is 6.42 Å². The van der Waals surface area contributed by atoms with Crippen LogP contribution in [0, 0.1) is 0 Å². The minimum atomic E-state index is 0.133. The highest BCUT2D eigenvalue weighted by Gasteiger charge is 2.29. The summed E-state index contributed by atoms with van der Waals surface area (Å²) in [4.78, 5) is 5.78. The Morgan fingerprint density at radius 1 is 0.476 bits per heavy atom. The molecule has 1 aliphatic heterocycles. The van der Waals surface area contributed by atoms with Crippen molar-refractivity contribution in [2.24, 2.45) is 4.99 Å². The van der Waals surface area contributed by atoms with E-state index in [0.717, 1.165) is 56.5 Å². The van der Waals surface area contributed by atoms with Gasteiger partial charge in [-0.15, -0.1) is 0 Å². The molecule has 2 heteroatoms. The highest BCUT2D eigenvalue weighted by Crippen LogP contribution is 2.46. The summed E-state index contributed by atoms with van der Waals surface area (Å²) in [5.41, 5.74) is 20.9.